The zero-order chi connectivity index (χ0) is 21.9. The lowest BCUT2D eigenvalue weighted by Gasteiger charge is -2.32. The molecule has 1 aliphatic heterocycles. The lowest BCUT2D eigenvalue weighted by Crippen LogP contribution is -2.41. The number of carbonyl (C=O) groups excluding carboxylic acids is 1. The number of methoxy groups -OCH3 is 1. The van der Waals surface area contributed by atoms with Gasteiger partial charge < -0.3 is 23.1 Å². The van der Waals surface area contributed by atoms with Crippen molar-refractivity contribution in [1.82, 2.24) is 0 Å². The SMILES string of the molecule is CCOP(=O)(/C=C/c1cc(B2OC(C)(C)C(C)(C)O2)cc(C(=O)OC)c1)OCC. The van der Waals surface area contributed by atoms with Crippen LogP contribution in [-0.4, -0.2) is 44.6 Å². The van der Waals surface area contributed by atoms with Gasteiger partial charge in [-0.3, -0.25) is 4.57 Å². The molecule has 1 aromatic carbocycles. The van der Waals surface area contributed by atoms with E-state index in [0.29, 0.717) is 16.6 Å². The minimum absolute atomic E-state index is 0.253. The molecular weight excluding hydrogens is 394 g/mol. The molecule has 0 bridgehead atoms. The molecule has 1 saturated heterocycles. The van der Waals surface area contributed by atoms with E-state index in [9.17, 15) is 9.36 Å². The number of hydrogen-bond donors (Lipinski definition) is 0. The lowest BCUT2D eigenvalue weighted by molar-refractivity contribution is 0.00578. The number of hydrogen-bond acceptors (Lipinski definition) is 7. The van der Waals surface area contributed by atoms with Gasteiger partial charge in [0.2, 0.25) is 0 Å². The number of rotatable bonds is 8. The molecule has 0 saturated carbocycles. The molecule has 0 unspecified atom stereocenters. The largest absolute Gasteiger partial charge is 0.494 e. The Kier molecular flexibility index (Phi) is 7.52. The highest BCUT2D eigenvalue weighted by Gasteiger charge is 2.51. The van der Waals surface area contributed by atoms with E-state index in [1.807, 2.05) is 33.8 Å². The van der Waals surface area contributed by atoms with Gasteiger partial charge in [-0.05, 0) is 70.8 Å². The van der Waals surface area contributed by atoms with Gasteiger partial charge in [0.15, 0.2) is 0 Å². The van der Waals surface area contributed by atoms with Crippen LogP contribution in [0.5, 0.6) is 0 Å². The molecule has 9 heteroatoms. The summed E-state index contributed by atoms with van der Waals surface area (Å²) in [4.78, 5) is 12.2. The number of benzene rings is 1. The molecule has 160 valence electrons. The monoisotopic (exact) mass is 424 g/mol. The summed E-state index contributed by atoms with van der Waals surface area (Å²) >= 11 is 0. The van der Waals surface area contributed by atoms with Crippen LogP contribution in [-0.2, 0) is 27.7 Å². The summed E-state index contributed by atoms with van der Waals surface area (Å²) in [6.45, 7) is 11.8. The highest BCUT2D eigenvalue weighted by Crippen LogP contribution is 2.50. The smallest absolute Gasteiger partial charge is 0.465 e. The van der Waals surface area contributed by atoms with Gasteiger partial charge in [0.25, 0.3) is 0 Å². The Bertz CT molecular complexity index is 793. The van der Waals surface area contributed by atoms with Gasteiger partial charge in [0.05, 0.1) is 37.1 Å². The van der Waals surface area contributed by atoms with Crippen LogP contribution in [0.2, 0.25) is 0 Å². The summed E-state index contributed by atoms with van der Waals surface area (Å²) in [6, 6.07) is 5.13. The van der Waals surface area contributed by atoms with E-state index in [1.165, 1.54) is 12.9 Å². The molecule has 1 fully saturated rings. The van der Waals surface area contributed by atoms with Crippen LogP contribution in [0.1, 0.15) is 57.5 Å². The fraction of sp³-hybridized carbons (Fsp3) is 0.550. The first-order valence-corrected chi connectivity index (χ1v) is 11.2. The van der Waals surface area contributed by atoms with Gasteiger partial charge in [-0.15, -0.1) is 0 Å². The molecule has 1 aliphatic rings. The van der Waals surface area contributed by atoms with Crippen molar-refractivity contribution in [3.8, 4) is 0 Å². The maximum absolute atomic E-state index is 12.7. The van der Waals surface area contributed by atoms with Crippen molar-refractivity contribution in [3.05, 3.63) is 35.1 Å². The maximum Gasteiger partial charge on any atom is 0.494 e. The molecule has 0 N–H and O–H groups in total. The summed E-state index contributed by atoms with van der Waals surface area (Å²) < 4.78 is 40.3. The minimum atomic E-state index is -3.37. The molecule has 0 aliphatic carbocycles. The van der Waals surface area contributed by atoms with Crippen LogP contribution in [0.25, 0.3) is 6.08 Å². The van der Waals surface area contributed by atoms with E-state index in [2.05, 4.69) is 0 Å². The normalized spacial score (nSPS) is 18.4. The van der Waals surface area contributed by atoms with Crippen molar-refractivity contribution >= 4 is 32.2 Å². The second kappa shape index (κ2) is 9.15. The Morgan fingerprint density at radius 3 is 2.10 bits per heavy atom. The van der Waals surface area contributed by atoms with Crippen LogP contribution >= 0.6 is 7.60 Å². The topological polar surface area (TPSA) is 80.3 Å². The molecule has 0 amide bonds. The van der Waals surface area contributed by atoms with E-state index >= 15 is 0 Å². The summed E-state index contributed by atoms with van der Waals surface area (Å²) in [5.41, 5.74) is 0.580. The third-order valence-electron chi connectivity index (χ3n) is 4.99. The van der Waals surface area contributed by atoms with Gasteiger partial charge in [-0.2, -0.15) is 0 Å². The molecular formula is C20H30BO7P. The van der Waals surface area contributed by atoms with Gasteiger partial charge >= 0.3 is 20.7 Å². The summed E-state index contributed by atoms with van der Waals surface area (Å²) in [7, 11) is -2.71. The summed E-state index contributed by atoms with van der Waals surface area (Å²) in [5, 5.41) is 0. The van der Waals surface area contributed by atoms with Gasteiger partial charge in [-0.1, -0.05) is 6.07 Å². The molecule has 29 heavy (non-hydrogen) atoms. The first-order valence-electron chi connectivity index (χ1n) is 9.64. The van der Waals surface area contributed by atoms with Crippen LogP contribution in [0, 0.1) is 0 Å². The zero-order valence-electron chi connectivity index (χ0n) is 18.2. The van der Waals surface area contributed by atoms with Gasteiger partial charge in [-0.25, -0.2) is 4.79 Å². The van der Waals surface area contributed by atoms with Crippen molar-refractivity contribution in [2.24, 2.45) is 0 Å². The fourth-order valence-corrected chi connectivity index (χ4v) is 4.11. The van der Waals surface area contributed by atoms with E-state index in [4.69, 9.17) is 23.1 Å². The van der Waals surface area contributed by atoms with Crippen LogP contribution in [0.15, 0.2) is 24.0 Å². The molecule has 0 aromatic heterocycles. The predicted octanol–water partition coefficient (Wildman–Crippen LogP) is 4.01. The number of carbonyl (C=O) groups is 1. The third kappa shape index (κ3) is 5.59. The van der Waals surface area contributed by atoms with Crippen LogP contribution in [0.3, 0.4) is 0 Å². The fourth-order valence-electron chi connectivity index (χ4n) is 2.78. The molecule has 0 atom stereocenters. The first kappa shape index (κ1) is 23.8. The third-order valence-corrected chi connectivity index (χ3v) is 6.74. The van der Waals surface area contributed by atoms with Gasteiger partial charge in [0.1, 0.15) is 0 Å². The van der Waals surface area contributed by atoms with E-state index in [-0.39, 0.29) is 13.2 Å². The highest BCUT2D eigenvalue weighted by atomic mass is 31.2. The average Bonchev–Trinajstić information content (AvgIpc) is 2.87. The molecule has 7 nitrogen and oxygen atoms in total. The number of ether oxygens (including phenoxy) is 1. The van der Waals surface area contributed by atoms with Crippen LogP contribution < -0.4 is 5.46 Å². The Morgan fingerprint density at radius 1 is 1.07 bits per heavy atom. The molecule has 0 spiro atoms. The second-order valence-corrected chi connectivity index (χ2v) is 9.55. The second-order valence-electron chi connectivity index (χ2n) is 7.66. The first-order chi connectivity index (χ1) is 13.5. The summed E-state index contributed by atoms with van der Waals surface area (Å²) in [6.07, 6.45) is 1.60. The lowest BCUT2D eigenvalue weighted by atomic mass is 9.77. The van der Waals surface area contributed by atoms with E-state index in [0.717, 1.165) is 0 Å². The predicted molar refractivity (Wildman–Crippen MR) is 113 cm³/mol. The van der Waals surface area contributed by atoms with Crippen molar-refractivity contribution < 1.29 is 32.5 Å². The van der Waals surface area contributed by atoms with E-state index in [1.54, 1.807) is 32.1 Å². The Labute approximate surface area is 173 Å². The minimum Gasteiger partial charge on any atom is -0.465 e. The van der Waals surface area contributed by atoms with Crippen molar-refractivity contribution in [1.29, 1.82) is 0 Å². The van der Waals surface area contributed by atoms with E-state index < -0.39 is 31.9 Å². The highest BCUT2D eigenvalue weighted by molar-refractivity contribution is 7.57. The molecule has 1 aromatic rings. The van der Waals surface area contributed by atoms with Crippen molar-refractivity contribution in [2.75, 3.05) is 20.3 Å². The molecule has 2 rings (SSSR count). The Morgan fingerprint density at radius 2 is 1.62 bits per heavy atom. The molecule has 0 radical (unpaired) electrons. The maximum atomic E-state index is 12.7. The Balaban J connectivity index is 2.44. The van der Waals surface area contributed by atoms with Crippen molar-refractivity contribution in [3.63, 3.8) is 0 Å². The number of esters is 1. The summed E-state index contributed by atoms with van der Waals surface area (Å²) in [5.74, 6) is 0.903. The standard InChI is InChI=1S/C20H30BO7P/c1-8-25-29(23,26-9-2)11-10-15-12-16(18(22)24-7)14-17(13-15)21-27-19(3,4)20(5,6)28-21/h10-14H,8-9H2,1-7H3/b11-10+. The molecule has 1 heterocycles. The zero-order valence-corrected chi connectivity index (χ0v) is 19.1. The Hall–Kier alpha value is -1.44. The average molecular weight is 424 g/mol. The van der Waals surface area contributed by atoms with Crippen molar-refractivity contribution in [2.45, 2.75) is 52.7 Å². The quantitative estimate of drug-likeness (QED) is 0.354. The van der Waals surface area contributed by atoms with Gasteiger partial charge in [0, 0.05) is 5.82 Å². The van der Waals surface area contributed by atoms with Crippen LogP contribution in [0.4, 0.5) is 0 Å².